The van der Waals surface area contributed by atoms with Gasteiger partial charge in [-0.1, -0.05) is 0 Å². The van der Waals surface area contributed by atoms with Crippen LogP contribution in [0.15, 0.2) is 15.7 Å². The van der Waals surface area contributed by atoms with E-state index < -0.39 is 0 Å². The van der Waals surface area contributed by atoms with Crippen molar-refractivity contribution < 1.29 is 0 Å². The molecule has 1 aromatic heterocycles. The molecule has 48 valence electrons. The van der Waals surface area contributed by atoms with Crippen molar-refractivity contribution in [1.82, 2.24) is 4.72 Å². The summed E-state index contributed by atoms with van der Waals surface area (Å²) in [7, 11) is 0. The van der Waals surface area contributed by atoms with E-state index in [-0.39, 0.29) is 0 Å². The van der Waals surface area contributed by atoms with E-state index >= 15 is 0 Å². The summed E-state index contributed by atoms with van der Waals surface area (Å²) in [5.74, 6) is 0. The Morgan fingerprint density at radius 2 is 2.56 bits per heavy atom. The Hall–Kier alpha value is 0.01000. The summed E-state index contributed by atoms with van der Waals surface area (Å²) in [5.41, 5.74) is 1.52. The second-order valence-electron chi connectivity index (χ2n) is 1.98. The Morgan fingerprint density at radius 3 is 3.44 bits per heavy atom. The minimum atomic E-state index is 1.12. The molecule has 0 saturated heterocycles. The molecule has 1 nitrogen and oxygen atoms in total. The zero-order valence-corrected chi connectivity index (χ0v) is 6.52. The molecule has 3 heteroatoms. The Kier molecular flexibility index (Phi) is 1.49. The summed E-state index contributed by atoms with van der Waals surface area (Å²) in [5, 5.41) is 2.16. The first-order valence-electron chi connectivity index (χ1n) is 2.93. The molecule has 1 N–H and O–H groups in total. The second kappa shape index (κ2) is 2.33. The molecule has 0 amide bonds. The van der Waals surface area contributed by atoms with E-state index in [9.17, 15) is 0 Å². The number of rotatable bonds is 0. The van der Waals surface area contributed by atoms with E-state index in [2.05, 4.69) is 16.2 Å². The Bertz CT molecular complexity index is 186. The van der Waals surface area contributed by atoms with Crippen molar-refractivity contribution >= 4 is 23.3 Å². The van der Waals surface area contributed by atoms with Crippen LogP contribution in [0.25, 0.3) is 0 Å². The molecule has 0 fully saturated rings. The third kappa shape index (κ3) is 1.000. The fourth-order valence-electron chi connectivity index (χ4n) is 0.899. The van der Waals surface area contributed by atoms with Crippen LogP contribution in [0.2, 0.25) is 0 Å². The quantitative estimate of drug-likeness (QED) is 0.577. The van der Waals surface area contributed by atoms with Crippen LogP contribution >= 0.6 is 23.3 Å². The van der Waals surface area contributed by atoms with Gasteiger partial charge < -0.3 is 0 Å². The highest BCUT2D eigenvalue weighted by Crippen LogP contribution is 2.29. The molecule has 2 heterocycles. The van der Waals surface area contributed by atoms with E-state index in [1.54, 1.807) is 11.9 Å². The maximum Gasteiger partial charge on any atom is 0.0783 e. The van der Waals surface area contributed by atoms with Crippen molar-refractivity contribution in [3.8, 4) is 0 Å². The van der Waals surface area contributed by atoms with Crippen LogP contribution in [0.1, 0.15) is 5.56 Å². The lowest BCUT2D eigenvalue weighted by Gasteiger charge is -2.09. The van der Waals surface area contributed by atoms with Crippen LogP contribution in [0, 0.1) is 0 Å². The van der Waals surface area contributed by atoms with Crippen molar-refractivity contribution in [3.63, 3.8) is 0 Å². The number of nitrogens with one attached hydrogen (secondary N) is 1. The first-order valence-corrected chi connectivity index (χ1v) is 4.62. The van der Waals surface area contributed by atoms with Gasteiger partial charge in [0.2, 0.25) is 0 Å². The van der Waals surface area contributed by atoms with Crippen LogP contribution in [0.5, 0.6) is 0 Å². The summed E-state index contributed by atoms with van der Waals surface area (Å²) in [6.07, 6.45) is 1.20. The SMILES string of the molecule is c1cc2c(s1)SNCC2. The lowest BCUT2D eigenvalue weighted by Crippen LogP contribution is -2.12. The fourth-order valence-corrected chi connectivity index (χ4v) is 2.75. The normalized spacial score (nSPS) is 17.3. The molecule has 0 aromatic carbocycles. The molecular formula is C6H7NS2. The maximum atomic E-state index is 3.25. The van der Waals surface area contributed by atoms with Gasteiger partial charge in [0.25, 0.3) is 0 Å². The van der Waals surface area contributed by atoms with Gasteiger partial charge in [0.05, 0.1) is 4.21 Å². The first kappa shape index (κ1) is 5.77. The summed E-state index contributed by atoms with van der Waals surface area (Å²) in [4.78, 5) is 0. The zero-order valence-electron chi connectivity index (χ0n) is 4.89. The smallest absolute Gasteiger partial charge is 0.0783 e. The summed E-state index contributed by atoms with van der Waals surface area (Å²) < 4.78 is 4.70. The standard InChI is InChI=1S/C6H7NS2/c1-3-7-9-6-5(1)2-4-8-6/h2,4,7H,1,3H2. The van der Waals surface area contributed by atoms with Gasteiger partial charge in [-0.05, 0) is 35.4 Å². The molecule has 0 unspecified atom stereocenters. The van der Waals surface area contributed by atoms with Gasteiger partial charge in [0.1, 0.15) is 0 Å². The van der Waals surface area contributed by atoms with E-state index in [0.29, 0.717) is 0 Å². The van der Waals surface area contributed by atoms with Gasteiger partial charge in [-0.3, -0.25) is 4.72 Å². The average molecular weight is 157 g/mol. The van der Waals surface area contributed by atoms with Crippen molar-refractivity contribution in [2.75, 3.05) is 6.54 Å². The predicted molar refractivity (Wildman–Crippen MR) is 41.9 cm³/mol. The molecule has 0 atom stereocenters. The highest BCUT2D eigenvalue weighted by Gasteiger charge is 2.08. The van der Waals surface area contributed by atoms with Crippen molar-refractivity contribution in [2.45, 2.75) is 10.6 Å². The lowest BCUT2D eigenvalue weighted by molar-refractivity contribution is 0.878. The van der Waals surface area contributed by atoms with E-state index in [1.807, 2.05) is 11.3 Å². The van der Waals surface area contributed by atoms with Crippen molar-refractivity contribution in [2.24, 2.45) is 0 Å². The molecule has 1 aromatic rings. The van der Waals surface area contributed by atoms with E-state index in [1.165, 1.54) is 16.2 Å². The predicted octanol–water partition coefficient (Wildman–Crippen LogP) is 1.90. The van der Waals surface area contributed by atoms with Gasteiger partial charge in [0.15, 0.2) is 0 Å². The van der Waals surface area contributed by atoms with E-state index in [0.717, 1.165) is 6.54 Å². The third-order valence-corrected chi connectivity index (χ3v) is 3.45. The van der Waals surface area contributed by atoms with Crippen molar-refractivity contribution in [1.29, 1.82) is 0 Å². The third-order valence-electron chi connectivity index (χ3n) is 1.37. The Balaban J connectivity index is 2.39. The monoisotopic (exact) mass is 157 g/mol. The van der Waals surface area contributed by atoms with Crippen LogP contribution in [0.4, 0.5) is 0 Å². The largest absolute Gasteiger partial charge is 0.259 e. The van der Waals surface area contributed by atoms with Crippen LogP contribution < -0.4 is 4.72 Å². The van der Waals surface area contributed by atoms with Crippen LogP contribution in [-0.4, -0.2) is 6.54 Å². The average Bonchev–Trinajstić information content (AvgIpc) is 2.33. The summed E-state index contributed by atoms with van der Waals surface area (Å²) in [6, 6.07) is 2.22. The number of thiophene rings is 1. The molecule has 0 bridgehead atoms. The van der Waals surface area contributed by atoms with E-state index in [4.69, 9.17) is 0 Å². The van der Waals surface area contributed by atoms with Crippen LogP contribution in [0.3, 0.4) is 0 Å². The minimum Gasteiger partial charge on any atom is -0.259 e. The molecule has 2 rings (SSSR count). The van der Waals surface area contributed by atoms with Gasteiger partial charge in [-0.25, -0.2) is 0 Å². The second-order valence-corrected chi connectivity index (χ2v) is 4.06. The zero-order chi connectivity index (χ0) is 6.10. The molecule has 9 heavy (non-hydrogen) atoms. The van der Waals surface area contributed by atoms with Crippen LogP contribution in [-0.2, 0) is 6.42 Å². The topological polar surface area (TPSA) is 12.0 Å². The van der Waals surface area contributed by atoms with Gasteiger partial charge in [-0.2, -0.15) is 0 Å². The number of hydrogen-bond donors (Lipinski definition) is 1. The fraction of sp³-hybridized carbons (Fsp3) is 0.333. The number of hydrogen-bond acceptors (Lipinski definition) is 3. The molecular weight excluding hydrogens is 150 g/mol. The molecule has 0 radical (unpaired) electrons. The first-order chi connectivity index (χ1) is 4.47. The molecule has 0 spiro atoms. The minimum absolute atomic E-state index is 1.12. The summed E-state index contributed by atoms with van der Waals surface area (Å²) in [6.45, 7) is 1.12. The molecule has 1 aliphatic heterocycles. The van der Waals surface area contributed by atoms with Gasteiger partial charge >= 0.3 is 0 Å². The molecule has 1 aliphatic rings. The number of fused-ring (bicyclic) bond motifs is 1. The van der Waals surface area contributed by atoms with Gasteiger partial charge in [-0.15, -0.1) is 11.3 Å². The molecule has 0 saturated carbocycles. The highest BCUT2D eigenvalue weighted by atomic mass is 32.2. The maximum absolute atomic E-state index is 3.25. The van der Waals surface area contributed by atoms with Gasteiger partial charge in [0, 0.05) is 6.54 Å². The van der Waals surface area contributed by atoms with Crippen molar-refractivity contribution in [3.05, 3.63) is 17.0 Å². The summed E-state index contributed by atoms with van der Waals surface area (Å²) >= 11 is 3.59. The Morgan fingerprint density at radius 1 is 1.56 bits per heavy atom. The Labute approximate surface area is 62.6 Å². The molecule has 0 aliphatic carbocycles. The highest BCUT2D eigenvalue weighted by molar-refractivity contribution is 7.99. The lowest BCUT2D eigenvalue weighted by atomic mass is 10.2.